The number of anilines is 1. The number of halogens is 1. The first-order valence-electron chi connectivity index (χ1n) is 18.5. The number of ketones is 1. The molecule has 3 aromatic rings. The monoisotopic (exact) mass is 678 g/mol. The van der Waals surface area contributed by atoms with Crippen LogP contribution < -0.4 is 5.32 Å². The number of aliphatic hydroxyl groups excluding tert-OH is 1. The predicted molar refractivity (Wildman–Crippen MR) is 191 cm³/mol. The molecule has 48 heavy (non-hydrogen) atoms. The van der Waals surface area contributed by atoms with Crippen molar-refractivity contribution in [3.8, 4) is 0 Å². The molecule has 3 aromatic heterocycles. The van der Waals surface area contributed by atoms with Crippen molar-refractivity contribution in [1.82, 2.24) is 25.1 Å². The maximum atomic E-state index is 14.7. The van der Waals surface area contributed by atoms with Gasteiger partial charge in [0.05, 0.1) is 35.0 Å². The van der Waals surface area contributed by atoms with Crippen molar-refractivity contribution >= 4 is 22.9 Å². The van der Waals surface area contributed by atoms with Crippen LogP contribution in [0, 0.1) is 5.82 Å². The molecule has 0 bridgehead atoms. The molecule has 262 valence electrons. The largest absolute Gasteiger partial charge is 0.393 e. The minimum atomic E-state index is -0.481. The maximum Gasteiger partial charge on any atom is 0.148 e. The Morgan fingerprint density at radius 1 is 1.02 bits per heavy atom. The van der Waals surface area contributed by atoms with E-state index in [1.165, 1.54) is 63.9 Å². The Kier molecular flexibility index (Phi) is 14.3. The Hall–Kier alpha value is -2.82. The summed E-state index contributed by atoms with van der Waals surface area (Å²) in [6, 6.07) is 6.73. The number of unbranched alkanes of at least 4 members (excludes halogenated alkanes) is 10. The number of carbonyl (C=O) groups excluding carboxylic acids is 1. The van der Waals surface area contributed by atoms with Gasteiger partial charge < -0.3 is 10.4 Å². The first-order valence-corrected chi connectivity index (χ1v) is 19.4. The summed E-state index contributed by atoms with van der Waals surface area (Å²) >= 11 is 1.57. The van der Waals surface area contributed by atoms with E-state index in [0.29, 0.717) is 56.1 Å². The molecule has 2 N–H and O–H groups in total. The topological polar surface area (TPSA) is 104 Å². The molecule has 5 rings (SSSR count). The highest BCUT2D eigenvalue weighted by Crippen LogP contribution is 2.44. The summed E-state index contributed by atoms with van der Waals surface area (Å²) in [6.07, 6.45) is 21.5. The molecule has 1 saturated carbocycles. The lowest BCUT2D eigenvalue weighted by Crippen LogP contribution is -2.43. The molecule has 2 atom stereocenters. The predicted octanol–water partition coefficient (Wildman–Crippen LogP) is 8.55. The van der Waals surface area contributed by atoms with E-state index in [2.05, 4.69) is 37.3 Å². The number of aromatic nitrogens is 4. The molecule has 0 radical (unpaired) electrons. The summed E-state index contributed by atoms with van der Waals surface area (Å²) in [5.41, 5.74) is 2.65. The number of Topliss-reactive ketones (excluding diaryl/α,β-unsaturated/α-hetero) is 1. The van der Waals surface area contributed by atoms with Gasteiger partial charge in [-0.05, 0) is 56.4 Å². The lowest BCUT2D eigenvalue weighted by atomic mass is 9.66. The second-order valence-electron chi connectivity index (χ2n) is 14.0. The van der Waals surface area contributed by atoms with Gasteiger partial charge in [0.2, 0.25) is 0 Å². The third-order valence-electron chi connectivity index (χ3n) is 10.5. The average Bonchev–Trinajstić information content (AvgIpc) is 3.62. The number of pyridine rings is 1. The molecule has 0 spiro atoms. The zero-order valence-electron chi connectivity index (χ0n) is 28.8. The van der Waals surface area contributed by atoms with E-state index in [1.54, 1.807) is 23.6 Å². The number of nitrogens with one attached hydrogen (secondary N) is 1. The molecule has 4 heterocycles. The third kappa shape index (κ3) is 9.88. The fourth-order valence-corrected chi connectivity index (χ4v) is 8.24. The number of hydrogen-bond acceptors (Lipinski definition) is 9. The standard InChI is InChI=1S/C38H55FN6O2S/c1-2-3-4-5-6-7-8-9-10-11-12-16-32(47)35(36(33-26-40-28-48-33)45-24-19-29(46)20-25-45)31-17-18-34(44-43-31)42-27-38(21-14-22-38)37-30(39)15-13-23-41-37/h13,15,17-18,23,26,28-29,35-36,46H,2-12,14,16,19-22,24-25,27H2,1H3,(H,42,44). The van der Waals surface area contributed by atoms with E-state index < -0.39 is 5.92 Å². The molecule has 10 heteroatoms. The van der Waals surface area contributed by atoms with Crippen LogP contribution in [0.2, 0.25) is 0 Å². The average molecular weight is 679 g/mol. The number of hydrogen-bond donors (Lipinski definition) is 2. The normalized spacial score (nSPS) is 17.9. The molecule has 1 saturated heterocycles. The van der Waals surface area contributed by atoms with Gasteiger partial charge in [-0.2, -0.15) is 5.10 Å². The second-order valence-corrected chi connectivity index (χ2v) is 14.9. The van der Waals surface area contributed by atoms with Crippen LogP contribution >= 0.6 is 11.3 Å². The van der Waals surface area contributed by atoms with E-state index >= 15 is 0 Å². The number of rotatable bonds is 21. The zero-order chi connectivity index (χ0) is 33.6. The van der Waals surface area contributed by atoms with Crippen molar-refractivity contribution in [2.45, 2.75) is 140 Å². The van der Waals surface area contributed by atoms with Gasteiger partial charge in [0, 0.05) is 48.7 Å². The van der Waals surface area contributed by atoms with Crippen molar-refractivity contribution in [2.75, 3.05) is 25.0 Å². The molecule has 1 aliphatic heterocycles. The van der Waals surface area contributed by atoms with Crippen LogP contribution in [0.15, 0.2) is 42.2 Å². The van der Waals surface area contributed by atoms with Crippen molar-refractivity contribution in [2.24, 2.45) is 0 Å². The van der Waals surface area contributed by atoms with Crippen molar-refractivity contribution < 1.29 is 14.3 Å². The molecule has 1 aliphatic carbocycles. The van der Waals surface area contributed by atoms with Gasteiger partial charge in [0.1, 0.15) is 17.4 Å². The van der Waals surface area contributed by atoms with Crippen LogP contribution in [0.4, 0.5) is 10.2 Å². The van der Waals surface area contributed by atoms with Gasteiger partial charge in [0.25, 0.3) is 0 Å². The van der Waals surface area contributed by atoms with Gasteiger partial charge in [0.15, 0.2) is 0 Å². The number of thiazole rings is 1. The number of carbonyl (C=O) groups is 1. The molecule has 2 aliphatic rings. The van der Waals surface area contributed by atoms with Gasteiger partial charge in [-0.3, -0.25) is 19.7 Å². The van der Waals surface area contributed by atoms with Crippen molar-refractivity contribution in [1.29, 1.82) is 0 Å². The molecule has 8 nitrogen and oxygen atoms in total. The van der Waals surface area contributed by atoms with Crippen LogP contribution in [-0.2, 0) is 10.2 Å². The summed E-state index contributed by atoms with van der Waals surface area (Å²) in [7, 11) is 0. The van der Waals surface area contributed by atoms with E-state index in [4.69, 9.17) is 0 Å². The van der Waals surface area contributed by atoms with Crippen molar-refractivity contribution in [3.05, 3.63) is 64.3 Å². The van der Waals surface area contributed by atoms with Gasteiger partial charge in [-0.15, -0.1) is 16.4 Å². The van der Waals surface area contributed by atoms with E-state index in [-0.39, 0.29) is 29.2 Å². The highest BCUT2D eigenvalue weighted by atomic mass is 32.1. The summed E-state index contributed by atoms with van der Waals surface area (Å²) < 4.78 is 14.7. The van der Waals surface area contributed by atoms with Crippen LogP contribution in [0.1, 0.15) is 144 Å². The maximum absolute atomic E-state index is 14.7. The van der Waals surface area contributed by atoms with E-state index in [9.17, 15) is 14.3 Å². The molecular formula is C38H55FN6O2S. The minimum Gasteiger partial charge on any atom is -0.393 e. The van der Waals surface area contributed by atoms with E-state index in [1.807, 2.05) is 23.8 Å². The second kappa shape index (κ2) is 18.8. The van der Waals surface area contributed by atoms with Gasteiger partial charge in [-0.25, -0.2) is 4.39 Å². The first-order chi connectivity index (χ1) is 23.5. The number of nitrogens with zero attached hydrogens (tertiary/aromatic N) is 5. The Morgan fingerprint density at radius 2 is 1.73 bits per heavy atom. The van der Waals surface area contributed by atoms with Crippen LogP contribution in [0.3, 0.4) is 0 Å². The van der Waals surface area contributed by atoms with Crippen LogP contribution in [-0.4, -0.2) is 61.7 Å². The Bertz CT molecular complexity index is 1360. The van der Waals surface area contributed by atoms with Crippen molar-refractivity contribution in [3.63, 3.8) is 0 Å². The molecule has 2 unspecified atom stereocenters. The van der Waals surface area contributed by atoms with Gasteiger partial charge in [-0.1, -0.05) is 77.6 Å². The summed E-state index contributed by atoms with van der Waals surface area (Å²) in [5, 5.41) is 22.9. The number of likely N-dealkylation sites (tertiary alicyclic amines) is 1. The third-order valence-corrected chi connectivity index (χ3v) is 11.4. The molecule has 2 fully saturated rings. The van der Waals surface area contributed by atoms with E-state index in [0.717, 1.165) is 37.0 Å². The fraction of sp³-hybridized carbons (Fsp3) is 0.658. The Balaban J connectivity index is 1.24. The molecule has 0 aromatic carbocycles. The number of aliphatic hydroxyl groups is 1. The molecule has 0 amide bonds. The summed E-state index contributed by atoms with van der Waals surface area (Å²) in [5.74, 6) is 0.0442. The highest BCUT2D eigenvalue weighted by molar-refractivity contribution is 7.09. The van der Waals surface area contributed by atoms with Gasteiger partial charge >= 0.3 is 0 Å². The lowest BCUT2D eigenvalue weighted by Gasteiger charge is -2.41. The first kappa shape index (κ1) is 36.5. The van der Waals surface area contributed by atoms with Crippen LogP contribution in [0.5, 0.6) is 0 Å². The highest BCUT2D eigenvalue weighted by Gasteiger charge is 2.42. The Labute approximate surface area is 290 Å². The number of piperidine rings is 1. The lowest BCUT2D eigenvalue weighted by molar-refractivity contribution is -0.122. The SMILES string of the molecule is CCCCCCCCCCCCCC(=O)C(c1ccc(NCC2(c3ncccc3F)CCC2)nn1)C(c1cncs1)N1CCC(O)CC1. The summed E-state index contributed by atoms with van der Waals surface area (Å²) in [4.78, 5) is 26.3. The van der Waals surface area contributed by atoms with Crippen LogP contribution in [0.25, 0.3) is 0 Å². The summed E-state index contributed by atoms with van der Waals surface area (Å²) in [6.45, 7) is 4.21. The quantitative estimate of drug-likeness (QED) is 0.108. The fourth-order valence-electron chi connectivity index (χ4n) is 7.45. The Morgan fingerprint density at radius 3 is 2.31 bits per heavy atom. The molecular weight excluding hydrogens is 624 g/mol. The smallest absolute Gasteiger partial charge is 0.148 e. The zero-order valence-corrected chi connectivity index (χ0v) is 29.6. The minimum absolute atomic E-state index is 0.185.